The molecule has 0 unspecified atom stereocenters. The number of rotatable bonds is 9. The molecule has 35 heavy (non-hydrogen) atoms. The number of sulfonamides is 2. The maximum Gasteiger partial charge on any atom is 0.264 e. The smallest absolute Gasteiger partial charge is 0.264 e. The fourth-order valence-corrected chi connectivity index (χ4v) is 5.56. The highest BCUT2D eigenvalue weighted by atomic mass is 35.5. The summed E-state index contributed by atoms with van der Waals surface area (Å²) in [4.78, 5) is 20.9. The average molecular weight is 538 g/mol. The highest BCUT2D eigenvalue weighted by molar-refractivity contribution is 7.92. The van der Waals surface area contributed by atoms with Gasteiger partial charge in [0.25, 0.3) is 10.0 Å². The standard InChI is InChI=1S/C22H24ClN5O5S2/c1-4-20(28(34(3,30)31)18-9-5-16(23)6-10-18)21(29)26-17-7-11-19(12-8-17)35(32,33)27-22-24-14-13-15(2)25-22/h5-14,20H,4H2,1-3H3,(H,26,29)(H,24,25,27)/t20-/m0/s1. The molecule has 0 aliphatic rings. The highest BCUT2D eigenvalue weighted by Gasteiger charge is 2.31. The van der Waals surface area contributed by atoms with Crippen molar-refractivity contribution < 1.29 is 21.6 Å². The van der Waals surface area contributed by atoms with Gasteiger partial charge in [0.15, 0.2) is 0 Å². The van der Waals surface area contributed by atoms with Gasteiger partial charge in [-0.05, 0) is 67.9 Å². The van der Waals surface area contributed by atoms with Gasteiger partial charge >= 0.3 is 0 Å². The van der Waals surface area contributed by atoms with Crippen molar-refractivity contribution in [3.63, 3.8) is 0 Å². The molecular weight excluding hydrogens is 514 g/mol. The minimum atomic E-state index is -3.95. The van der Waals surface area contributed by atoms with Crippen molar-refractivity contribution in [3.05, 3.63) is 71.5 Å². The van der Waals surface area contributed by atoms with Crippen LogP contribution in [0.2, 0.25) is 5.02 Å². The van der Waals surface area contributed by atoms with E-state index in [1.165, 1.54) is 54.7 Å². The molecule has 1 heterocycles. The predicted octanol–water partition coefficient (Wildman–Crippen LogP) is 3.42. The molecule has 0 aliphatic carbocycles. The molecule has 2 N–H and O–H groups in total. The fraction of sp³-hybridized carbons (Fsp3) is 0.227. The van der Waals surface area contributed by atoms with Gasteiger partial charge in [-0.1, -0.05) is 18.5 Å². The van der Waals surface area contributed by atoms with Gasteiger partial charge in [0.2, 0.25) is 21.9 Å². The summed E-state index contributed by atoms with van der Waals surface area (Å²) in [5.41, 5.74) is 1.19. The number of amides is 1. The summed E-state index contributed by atoms with van der Waals surface area (Å²) >= 11 is 5.91. The molecule has 0 saturated heterocycles. The molecule has 0 bridgehead atoms. The van der Waals surface area contributed by atoms with Crippen LogP contribution in [-0.4, -0.2) is 45.0 Å². The van der Waals surface area contributed by atoms with E-state index in [-0.39, 0.29) is 17.3 Å². The first-order valence-electron chi connectivity index (χ1n) is 10.4. The number of hydrogen-bond donors (Lipinski definition) is 2. The minimum absolute atomic E-state index is 0.0590. The second-order valence-electron chi connectivity index (χ2n) is 7.60. The van der Waals surface area contributed by atoms with Crippen LogP contribution in [-0.2, 0) is 24.8 Å². The maximum absolute atomic E-state index is 13.0. The molecule has 1 atom stereocenters. The second-order valence-corrected chi connectivity index (χ2v) is 11.6. The zero-order valence-corrected chi connectivity index (χ0v) is 21.5. The van der Waals surface area contributed by atoms with Crippen LogP contribution < -0.4 is 14.3 Å². The predicted molar refractivity (Wildman–Crippen MR) is 136 cm³/mol. The van der Waals surface area contributed by atoms with Gasteiger partial charge in [0.05, 0.1) is 16.8 Å². The van der Waals surface area contributed by atoms with Crippen molar-refractivity contribution in [3.8, 4) is 0 Å². The van der Waals surface area contributed by atoms with Crippen LogP contribution in [0.4, 0.5) is 17.3 Å². The van der Waals surface area contributed by atoms with Gasteiger partial charge in [-0.2, -0.15) is 0 Å². The molecule has 0 fully saturated rings. The van der Waals surface area contributed by atoms with Crippen molar-refractivity contribution in [1.82, 2.24) is 9.97 Å². The lowest BCUT2D eigenvalue weighted by Gasteiger charge is -2.30. The number of aromatic nitrogens is 2. The molecule has 1 amide bonds. The average Bonchev–Trinajstić information content (AvgIpc) is 2.77. The lowest BCUT2D eigenvalue weighted by Crippen LogP contribution is -2.47. The molecule has 3 aromatic rings. The number of nitrogens with zero attached hydrogens (tertiary/aromatic N) is 3. The SMILES string of the molecule is CC[C@@H](C(=O)Nc1ccc(S(=O)(=O)Nc2nccc(C)n2)cc1)N(c1ccc(Cl)cc1)S(C)(=O)=O. The Balaban J connectivity index is 1.79. The fourth-order valence-electron chi connectivity index (χ4n) is 3.27. The van der Waals surface area contributed by atoms with Gasteiger partial charge in [-0.25, -0.2) is 31.5 Å². The molecule has 2 aromatic carbocycles. The van der Waals surface area contributed by atoms with Gasteiger partial charge in [0, 0.05) is 22.6 Å². The summed E-state index contributed by atoms with van der Waals surface area (Å²) in [6, 6.07) is 12.1. The number of halogens is 1. The summed E-state index contributed by atoms with van der Waals surface area (Å²) in [7, 11) is -7.76. The first-order valence-corrected chi connectivity index (χ1v) is 14.1. The van der Waals surface area contributed by atoms with Crippen LogP contribution >= 0.6 is 11.6 Å². The van der Waals surface area contributed by atoms with E-state index < -0.39 is 32.0 Å². The molecule has 0 spiro atoms. The molecule has 0 saturated carbocycles. The molecule has 1 aromatic heterocycles. The Kier molecular flexibility index (Phi) is 7.98. The maximum atomic E-state index is 13.0. The van der Waals surface area contributed by atoms with E-state index in [9.17, 15) is 21.6 Å². The van der Waals surface area contributed by atoms with Crippen molar-refractivity contribution in [1.29, 1.82) is 0 Å². The van der Waals surface area contributed by atoms with E-state index in [4.69, 9.17) is 11.6 Å². The first-order chi connectivity index (χ1) is 16.4. The van der Waals surface area contributed by atoms with Crippen LogP contribution in [0.15, 0.2) is 65.7 Å². The van der Waals surface area contributed by atoms with Crippen LogP contribution in [0.25, 0.3) is 0 Å². The zero-order valence-electron chi connectivity index (χ0n) is 19.1. The molecular formula is C22H24ClN5O5S2. The Bertz CT molecular complexity index is 1410. The van der Waals surface area contributed by atoms with Gasteiger partial charge in [-0.15, -0.1) is 0 Å². The number of carbonyl (C=O) groups is 1. The normalized spacial score (nSPS) is 12.6. The monoisotopic (exact) mass is 537 g/mol. The third kappa shape index (κ3) is 6.68. The molecule has 0 radical (unpaired) electrons. The molecule has 10 nitrogen and oxygen atoms in total. The number of benzene rings is 2. The summed E-state index contributed by atoms with van der Waals surface area (Å²) < 4.78 is 53.6. The van der Waals surface area contributed by atoms with Crippen molar-refractivity contribution >= 4 is 54.9 Å². The van der Waals surface area contributed by atoms with E-state index in [1.807, 2.05) is 0 Å². The Labute approximate surface area is 209 Å². The van der Waals surface area contributed by atoms with Crippen molar-refractivity contribution in [2.75, 3.05) is 20.6 Å². The molecule has 186 valence electrons. The van der Waals surface area contributed by atoms with Crippen LogP contribution in [0.1, 0.15) is 19.0 Å². The number of hydrogen-bond acceptors (Lipinski definition) is 7. The van der Waals surface area contributed by atoms with Crippen LogP contribution in [0, 0.1) is 6.92 Å². The van der Waals surface area contributed by atoms with Crippen LogP contribution in [0.3, 0.4) is 0 Å². The number of anilines is 3. The zero-order chi connectivity index (χ0) is 25.8. The minimum Gasteiger partial charge on any atom is -0.324 e. The quantitative estimate of drug-likeness (QED) is 0.426. The van der Waals surface area contributed by atoms with E-state index in [0.717, 1.165) is 10.6 Å². The van der Waals surface area contributed by atoms with E-state index in [2.05, 4.69) is 20.0 Å². The lowest BCUT2D eigenvalue weighted by molar-refractivity contribution is -0.117. The van der Waals surface area contributed by atoms with E-state index >= 15 is 0 Å². The van der Waals surface area contributed by atoms with Crippen molar-refractivity contribution in [2.45, 2.75) is 31.2 Å². The molecule has 0 aliphatic heterocycles. The van der Waals surface area contributed by atoms with E-state index in [1.54, 1.807) is 19.9 Å². The van der Waals surface area contributed by atoms with Gasteiger partial charge in [0.1, 0.15) is 6.04 Å². The number of carbonyl (C=O) groups excluding carboxylic acids is 1. The summed E-state index contributed by atoms with van der Waals surface area (Å²) in [6.45, 7) is 3.39. The first kappa shape index (κ1) is 26.4. The van der Waals surface area contributed by atoms with Crippen LogP contribution in [0.5, 0.6) is 0 Å². The molecule has 3 rings (SSSR count). The largest absolute Gasteiger partial charge is 0.324 e. The topological polar surface area (TPSA) is 138 Å². The third-order valence-corrected chi connectivity index (χ3v) is 7.64. The van der Waals surface area contributed by atoms with Gasteiger partial charge in [-0.3, -0.25) is 9.10 Å². The number of aryl methyl sites for hydroxylation is 1. The van der Waals surface area contributed by atoms with E-state index in [0.29, 0.717) is 22.1 Å². The third-order valence-electron chi connectivity index (χ3n) is 4.86. The second kappa shape index (κ2) is 10.6. The summed E-state index contributed by atoms with van der Waals surface area (Å²) in [5.74, 6) is -0.633. The Morgan fingerprint density at radius 1 is 1.03 bits per heavy atom. The highest BCUT2D eigenvalue weighted by Crippen LogP contribution is 2.25. The Morgan fingerprint density at radius 2 is 1.66 bits per heavy atom. The Morgan fingerprint density at radius 3 is 2.20 bits per heavy atom. The lowest BCUT2D eigenvalue weighted by atomic mass is 10.2. The van der Waals surface area contributed by atoms with Gasteiger partial charge < -0.3 is 5.32 Å². The summed E-state index contributed by atoms with van der Waals surface area (Å²) in [5, 5.41) is 3.08. The number of nitrogens with one attached hydrogen (secondary N) is 2. The van der Waals surface area contributed by atoms with Crippen molar-refractivity contribution in [2.24, 2.45) is 0 Å². The molecule has 13 heteroatoms. The Hall–Kier alpha value is -3.22. The summed E-state index contributed by atoms with van der Waals surface area (Å²) in [6.07, 6.45) is 2.64.